The SMILES string of the molecule is CSc1ccccc1C(=O)N(C)C[C@H]1CCCCO1. The third kappa shape index (κ3) is 3.74. The number of amides is 1. The summed E-state index contributed by atoms with van der Waals surface area (Å²) in [4.78, 5) is 15.3. The van der Waals surface area contributed by atoms with E-state index in [1.807, 2.05) is 37.6 Å². The molecule has 0 N–H and O–H groups in total. The highest BCUT2D eigenvalue weighted by molar-refractivity contribution is 7.98. The normalized spacial score (nSPS) is 19.2. The first-order valence-corrected chi connectivity index (χ1v) is 7.95. The highest BCUT2D eigenvalue weighted by Crippen LogP contribution is 2.22. The van der Waals surface area contributed by atoms with Crippen LogP contribution < -0.4 is 0 Å². The predicted octanol–water partition coefficient (Wildman–Crippen LogP) is 3.05. The van der Waals surface area contributed by atoms with Gasteiger partial charge in [0.15, 0.2) is 0 Å². The minimum atomic E-state index is 0.0825. The second kappa shape index (κ2) is 6.96. The van der Waals surface area contributed by atoms with Crippen LogP contribution in [0.2, 0.25) is 0 Å². The first kappa shape index (κ1) is 14.4. The molecule has 0 unspecified atom stereocenters. The van der Waals surface area contributed by atoms with Gasteiger partial charge in [-0.05, 0) is 37.7 Å². The molecule has 19 heavy (non-hydrogen) atoms. The Hall–Kier alpha value is -1.00. The number of benzene rings is 1. The van der Waals surface area contributed by atoms with Gasteiger partial charge in [0, 0.05) is 25.1 Å². The van der Waals surface area contributed by atoms with Crippen LogP contribution in [-0.4, -0.2) is 43.4 Å². The standard InChI is InChI=1S/C15H21NO2S/c1-16(11-12-7-5-6-10-18-12)15(17)13-8-3-4-9-14(13)19-2/h3-4,8-9,12H,5-7,10-11H2,1-2H3/t12-/m1/s1. The Morgan fingerprint density at radius 2 is 2.21 bits per heavy atom. The summed E-state index contributed by atoms with van der Waals surface area (Å²) in [5, 5.41) is 0. The molecule has 1 aromatic rings. The van der Waals surface area contributed by atoms with Crippen molar-refractivity contribution >= 4 is 17.7 Å². The molecule has 3 nitrogen and oxygen atoms in total. The Morgan fingerprint density at radius 3 is 2.89 bits per heavy atom. The molecule has 1 aliphatic heterocycles. The van der Waals surface area contributed by atoms with E-state index in [1.54, 1.807) is 16.7 Å². The Bertz CT molecular complexity index is 430. The van der Waals surface area contributed by atoms with E-state index < -0.39 is 0 Å². The molecule has 104 valence electrons. The largest absolute Gasteiger partial charge is 0.376 e. The molecule has 0 aliphatic carbocycles. The van der Waals surface area contributed by atoms with Crippen molar-refractivity contribution in [1.29, 1.82) is 0 Å². The number of likely N-dealkylation sites (N-methyl/N-ethyl adjacent to an activating group) is 1. The second-order valence-corrected chi connectivity index (χ2v) is 5.72. The number of hydrogen-bond acceptors (Lipinski definition) is 3. The van der Waals surface area contributed by atoms with Gasteiger partial charge in [-0.3, -0.25) is 4.79 Å². The molecule has 1 aromatic carbocycles. The Kier molecular flexibility index (Phi) is 5.28. The number of nitrogens with zero attached hydrogens (tertiary/aromatic N) is 1. The third-order valence-corrected chi connectivity index (χ3v) is 4.23. The average molecular weight is 279 g/mol. The summed E-state index contributed by atoms with van der Waals surface area (Å²) in [6.45, 7) is 1.51. The molecular formula is C15H21NO2S. The quantitative estimate of drug-likeness (QED) is 0.793. The summed E-state index contributed by atoms with van der Waals surface area (Å²) in [5.41, 5.74) is 0.785. The van der Waals surface area contributed by atoms with Crippen molar-refractivity contribution in [2.24, 2.45) is 0 Å². The number of hydrogen-bond donors (Lipinski definition) is 0. The van der Waals surface area contributed by atoms with Gasteiger partial charge in [-0.15, -0.1) is 11.8 Å². The fourth-order valence-corrected chi connectivity index (χ4v) is 2.96. The molecule has 1 atom stereocenters. The van der Waals surface area contributed by atoms with Gasteiger partial charge in [0.05, 0.1) is 11.7 Å². The molecule has 2 rings (SSSR count). The highest BCUT2D eigenvalue weighted by atomic mass is 32.2. The number of thioether (sulfide) groups is 1. The molecule has 1 saturated heterocycles. The minimum absolute atomic E-state index is 0.0825. The van der Waals surface area contributed by atoms with E-state index in [4.69, 9.17) is 4.74 Å². The number of carbonyl (C=O) groups is 1. The molecular weight excluding hydrogens is 258 g/mol. The lowest BCUT2D eigenvalue weighted by atomic mass is 10.1. The van der Waals surface area contributed by atoms with Gasteiger partial charge >= 0.3 is 0 Å². The van der Waals surface area contributed by atoms with Crippen LogP contribution in [0.25, 0.3) is 0 Å². The highest BCUT2D eigenvalue weighted by Gasteiger charge is 2.20. The van der Waals surface area contributed by atoms with Gasteiger partial charge in [0.25, 0.3) is 5.91 Å². The minimum Gasteiger partial charge on any atom is -0.376 e. The number of ether oxygens (including phenoxy) is 1. The summed E-state index contributed by atoms with van der Waals surface area (Å²) >= 11 is 1.61. The fourth-order valence-electron chi connectivity index (χ4n) is 2.37. The molecule has 1 aliphatic rings. The zero-order valence-electron chi connectivity index (χ0n) is 11.6. The Balaban J connectivity index is 2.01. The van der Waals surface area contributed by atoms with Crippen LogP contribution in [0, 0.1) is 0 Å². The van der Waals surface area contributed by atoms with Gasteiger partial charge in [0.1, 0.15) is 0 Å². The van der Waals surface area contributed by atoms with Crippen molar-refractivity contribution in [3.63, 3.8) is 0 Å². The monoisotopic (exact) mass is 279 g/mol. The molecule has 0 saturated carbocycles. The van der Waals surface area contributed by atoms with E-state index in [-0.39, 0.29) is 12.0 Å². The maximum absolute atomic E-state index is 12.5. The molecule has 1 heterocycles. The molecule has 0 radical (unpaired) electrons. The van der Waals surface area contributed by atoms with Crippen LogP contribution in [0.1, 0.15) is 29.6 Å². The molecule has 0 spiro atoms. The topological polar surface area (TPSA) is 29.5 Å². The summed E-state index contributed by atoms with van der Waals surface area (Å²) in [6.07, 6.45) is 5.60. The van der Waals surface area contributed by atoms with Gasteiger partial charge < -0.3 is 9.64 Å². The molecule has 0 aromatic heterocycles. The third-order valence-electron chi connectivity index (χ3n) is 3.44. The van der Waals surface area contributed by atoms with E-state index in [0.717, 1.165) is 29.9 Å². The van der Waals surface area contributed by atoms with Crippen molar-refractivity contribution in [1.82, 2.24) is 4.90 Å². The van der Waals surface area contributed by atoms with Crippen molar-refractivity contribution in [3.8, 4) is 0 Å². The first-order valence-electron chi connectivity index (χ1n) is 6.72. The van der Waals surface area contributed by atoms with Crippen LogP contribution in [-0.2, 0) is 4.74 Å². The van der Waals surface area contributed by atoms with Crippen molar-refractivity contribution in [2.45, 2.75) is 30.3 Å². The smallest absolute Gasteiger partial charge is 0.254 e. The van der Waals surface area contributed by atoms with Gasteiger partial charge in [-0.1, -0.05) is 12.1 Å². The summed E-state index contributed by atoms with van der Waals surface area (Å²) in [5.74, 6) is 0.0825. The van der Waals surface area contributed by atoms with Crippen molar-refractivity contribution in [2.75, 3.05) is 26.5 Å². The van der Waals surface area contributed by atoms with E-state index in [2.05, 4.69) is 0 Å². The van der Waals surface area contributed by atoms with Crippen LogP contribution in [0.5, 0.6) is 0 Å². The summed E-state index contributed by atoms with van der Waals surface area (Å²) in [7, 11) is 1.86. The summed E-state index contributed by atoms with van der Waals surface area (Å²) in [6, 6.07) is 7.76. The molecule has 1 amide bonds. The molecule has 1 fully saturated rings. The zero-order valence-corrected chi connectivity index (χ0v) is 12.4. The number of rotatable bonds is 4. The zero-order chi connectivity index (χ0) is 13.7. The van der Waals surface area contributed by atoms with Crippen LogP contribution in [0.3, 0.4) is 0 Å². The molecule has 4 heteroatoms. The lowest BCUT2D eigenvalue weighted by molar-refractivity contribution is -0.000248. The predicted molar refractivity (Wildman–Crippen MR) is 78.8 cm³/mol. The van der Waals surface area contributed by atoms with E-state index in [1.165, 1.54) is 6.42 Å². The van der Waals surface area contributed by atoms with Gasteiger partial charge in [-0.25, -0.2) is 0 Å². The Morgan fingerprint density at radius 1 is 1.42 bits per heavy atom. The first-order chi connectivity index (χ1) is 9.22. The van der Waals surface area contributed by atoms with Gasteiger partial charge in [-0.2, -0.15) is 0 Å². The number of carbonyl (C=O) groups excluding carboxylic acids is 1. The maximum Gasteiger partial charge on any atom is 0.254 e. The van der Waals surface area contributed by atoms with Crippen LogP contribution in [0.4, 0.5) is 0 Å². The van der Waals surface area contributed by atoms with Crippen molar-refractivity contribution in [3.05, 3.63) is 29.8 Å². The van der Waals surface area contributed by atoms with Crippen LogP contribution >= 0.6 is 11.8 Å². The van der Waals surface area contributed by atoms with Crippen molar-refractivity contribution < 1.29 is 9.53 Å². The second-order valence-electron chi connectivity index (χ2n) is 4.87. The van der Waals surface area contributed by atoms with E-state index >= 15 is 0 Å². The average Bonchev–Trinajstić information content (AvgIpc) is 2.47. The van der Waals surface area contributed by atoms with E-state index in [0.29, 0.717) is 6.54 Å². The molecule has 0 bridgehead atoms. The van der Waals surface area contributed by atoms with Gasteiger partial charge in [0.2, 0.25) is 0 Å². The maximum atomic E-state index is 12.5. The lowest BCUT2D eigenvalue weighted by Gasteiger charge is -2.27. The fraction of sp³-hybridized carbons (Fsp3) is 0.533. The van der Waals surface area contributed by atoms with Crippen LogP contribution in [0.15, 0.2) is 29.2 Å². The lowest BCUT2D eigenvalue weighted by Crippen LogP contribution is -2.37. The Labute approximate surface area is 119 Å². The van der Waals surface area contributed by atoms with E-state index in [9.17, 15) is 4.79 Å². The summed E-state index contributed by atoms with van der Waals surface area (Å²) < 4.78 is 5.69.